The molecule has 2 heterocycles. The molecule has 0 aliphatic carbocycles. The molecule has 1 aliphatic rings. The van der Waals surface area contributed by atoms with Crippen LogP contribution in [0.5, 0.6) is 0 Å². The zero-order valence-electron chi connectivity index (χ0n) is 24.8. The molecule has 0 N–H and O–H groups in total. The Morgan fingerprint density at radius 3 is 2.30 bits per heavy atom. The molecule has 6 nitrogen and oxygen atoms in total. The maximum atomic E-state index is 12.8. The van der Waals surface area contributed by atoms with Crippen LogP contribution in [0.1, 0.15) is 108 Å². The van der Waals surface area contributed by atoms with Crippen molar-refractivity contribution >= 4 is 23.0 Å². The van der Waals surface area contributed by atoms with E-state index in [0.717, 1.165) is 68.9 Å². The second-order valence-corrected chi connectivity index (χ2v) is 11.1. The van der Waals surface area contributed by atoms with E-state index in [2.05, 4.69) is 49.2 Å². The number of ether oxygens (including phenoxy) is 2. The molecule has 1 fully saturated rings. The van der Waals surface area contributed by atoms with Crippen LogP contribution in [0.3, 0.4) is 0 Å². The maximum absolute atomic E-state index is 12.8. The zero-order chi connectivity index (χ0) is 28.4. The monoisotopic (exact) mass is 550 g/mol. The molecule has 0 unspecified atom stereocenters. The van der Waals surface area contributed by atoms with Gasteiger partial charge in [0.15, 0.2) is 0 Å². The Bertz CT molecular complexity index is 1080. The Kier molecular flexibility index (Phi) is 14.6. The number of para-hydroxylation sites is 1. The van der Waals surface area contributed by atoms with Crippen molar-refractivity contribution in [3.8, 4) is 0 Å². The van der Waals surface area contributed by atoms with E-state index in [0.29, 0.717) is 12.3 Å². The van der Waals surface area contributed by atoms with Crippen molar-refractivity contribution in [1.82, 2.24) is 9.47 Å². The van der Waals surface area contributed by atoms with Gasteiger partial charge in [-0.3, -0.25) is 9.36 Å². The average molecular weight is 551 g/mol. The highest BCUT2D eigenvalue weighted by molar-refractivity contribution is 5.92. The van der Waals surface area contributed by atoms with Crippen LogP contribution in [0.4, 0.5) is 4.79 Å². The number of carbonyl (C=O) groups excluding carboxylic acids is 2. The third-order valence-corrected chi connectivity index (χ3v) is 7.83. The molecule has 0 radical (unpaired) electrons. The van der Waals surface area contributed by atoms with Gasteiger partial charge in [0.1, 0.15) is 0 Å². The molecule has 0 bridgehead atoms. The molecule has 0 atom stereocenters. The van der Waals surface area contributed by atoms with E-state index in [1.54, 1.807) is 4.57 Å². The van der Waals surface area contributed by atoms with Gasteiger partial charge in [-0.25, -0.2) is 4.79 Å². The summed E-state index contributed by atoms with van der Waals surface area (Å²) < 4.78 is 12.1. The lowest BCUT2D eigenvalue weighted by molar-refractivity contribution is -0.151. The van der Waals surface area contributed by atoms with Crippen LogP contribution in [0.25, 0.3) is 10.9 Å². The fraction of sp³-hybridized carbons (Fsp3) is 0.588. The normalized spacial score (nSPS) is 14.9. The summed E-state index contributed by atoms with van der Waals surface area (Å²) >= 11 is 0. The van der Waals surface area contributed by atoms with Gasteiger partial charge in [-0.05, 0) is 89.1 Å². The van der Waals surface area contributed by atoms with Gasteiger partial charge in [0, 0.05) is 18.0 Å². The summed E-state index contributed by atoms with van der Waals surface area (Å²) in [5.41, 5.74) is 2.02. The zero-order valence-corrected chi connectivity index (χ0v) is 24.8. The molecule has 0 spiro atoms. The topological polar surface area (TPSA) is 60.8 Å². The minimum absolute atomic E-state index is 0.317. The Labute approximate surface area is 241 Å². The lowest BCUT2D eigenvalue weighted by Gasteiger charge is -2.28. The number of likely N-dealkylation sites (tertiary alicyclic amines) is 1. The van der Waals surface area contributed by atoms with Crippen LogP contribution in [0.15, 0.2) is 54.8 Å². The molecule has 3 rings (SSSR count). The van der Waals surface area contributed by atoms with Gasteiger partial charge in [0.2, 0.25) is 6.79 Å². The molecular formula is C34H50N2O4. The number of aromatic nitrogens is 1. The molecular weight excluding hydrogens is 500 g/mol. The Morgan fingerprint density at radius 2 is 1.55 bits per heavy atom. The summed E-state index contributed by atoms with van der Waals surface area (Å²) in [5.74, 6) is 0.111. The Hall–Kier alpha value is -2.86. The van der Waals surface area contributed by atoms with E-state index in [9.17, 15) is 9.59 Å². The number of rotatable bonds is 17. The molecule has 1 aliphatic heterocycles. The number of hydrogen-bond acceptors (Lipinski definition) is 5. The van der Waals surface area contributed by atoms with E-state index < -0.39 is 6.09 Å². The maximum Gasteiger partial charge on any atom is 0.421 e. The summed E-state index contributed by atoms with van der Waals surface area (Å²) in [6.45, 7) is 3.99. The van der Waals surface area contributed by atoms with Crippen molar-refractivity contribution in [2.24, 2.45) is 0 Å². The summed E-state index contributed by atoms with van der Waals surface area (Å²) in [7, 11) is 2.15. The molecule has 2 aromatic rings. The number of esters is 1. The van der Waals surface area contributed by atoms with Gasteiger partial charge in [-0.1, -0.05) is 81.5 Å². The smallest absolute Gasteiger partial charge is 0.421 e. The summed E-state index contributed by atoms with van der Waals surface area (Å²) in [5, 5.41) is 1.09. The number of unbranched alkanes of at least 4 members (excludes halogenated alkanes) is 8. The average Bonchev–Trinajstić information content (AvgIpc) is 3.35. The van der Waals surface area contributed by atoms with Gasteiger partial charge in [-0.2, -0.15) is 0 Å². The first-order valence-corrected chi connectivity index (χ1v) is 15.5. The van der Waals surface area contributed by atoms with Crippen molar-refractivity contribution in [3.63, 3.8) is 0 Å². The predicted molar refractivity (Wildman–Crippen MR) is 164 cm³/mol. The van der Waals surface area contributed by atoms with E-state index in [1.165, 1.54) is 44.1 Å². The fourth-order valence-electron chi connectivity index (χ4n) is 5.37. The van der Waals surface area contributed by atoms with Crippen molar-refractivity contribution < 1.29 is 19.1 Å². The van der Waals surface area contributed by atoms with Gasteiger partial charge < -0.3 is 14.4 Å². The molecule has 0 amide bonds. The first kappa shape index (κ1) is 31.7. The van der Waals surface area contributed by atoms with E-state index in [4.69, 9.17) is 9.47 Å². The van der Waals surface area contributed by atoms with Gasteiger partial charge in [0.05, 0.1) is 5.52 Å². The van der Waals surface area contributed by atoms with Crippen LogP contribution in [-0.4, -0.2) is 48.5 Å². The van der Waals surface area contributed by atoms with Gasteiger partial charge in [-0.15, -0.1) is 0 Å². The summed E-state index contributed by atoms with van der Waals surface area (Å²) in [4.78, 5) is 27.3. The Morgan fingerprint density at radius 1 is 0.875 bits per heavy atom. The van der Waals surface area contributed by atoms with E-state index in [-0.39, 0.29) is 12.8 Å². The number of piperidine rings is 1. The quantitative estimate of drug-likeness (QED) is 0.0853. The largest absolute Gasteiger partial charge is 0.428 e. The number of carbonyl (C=O) groups is 2. The number of benzene rings is 1. The van der Waals surface area contributed by atoms with Crippen molar-refractivity contribution in [2.45, 2.75) is 103 Å². The third kappa shape index (κ3) is 11.0. The Balaban J connectivity index is 1.26. The summed E-state index contributed by atoms with van der Waals surface area (Å²) in [6.07, 6.45) is 25.5. The number of nitrogens with zero attached hydrogens (tertiary/aromatic N) is 2. The highest BCUT2D eigenvalue weighted by Gasteiger charge is 2.24. The minimum atomic E-state index is -0.514. The van der Waals surface area contributed by atoms with E-state index in [1.807, 2.05) is 24.4 Å². The second-order valence-electron chi connectivity index (χ2n) is 11.1. The highest BCUT2D eigenvalue weighted by Crippen LogP contribution is 2.34. The minimum Gasteiger partial charge on any atom is -0.428 e. The summed E-state index contributed by atoms with van der Waals surface area (Å²) in [6, 6.07) is 7.94. The van der Waals surface area contributed by atoms with Crippen molar-refractivity contribution in [3.05, 3.63) is 60.3 Å². The number of fused-ring (bicyclic) bond motifs is 1. The van der Waals surface area contributed by atoms with Crippen LogP contribution in [-0.2, 0) is 14.3 Å². The van der Waals surface area contributed by atoms with E-state index >= 15 is 0 Å². The molecule has 0 saturated carbocycles. The molecule has 1 saturated heterocycles. The molecule has 1 aromatic heterocycles. The van der Waals surface area contributed by atoms with Gasteiger partial charge in [0.25, 0.3) is 0 Å². The molecule has 1 aromatic carbocycles. The fourth-order valence-corrected chi connectivity index (χ4v) is 5.37. The number of hydrogen-bond donors (Lipinski definition) is 0. The third-order valence-electron chi connectivity index (χ3n) is 7.83. The first-order valence-electron chi connectivity index (χ1n) is 15.5. The second kappa shape index (κ2) is 18.5. The van der Waals surface area contributed by atoms with Gasteiger partial charge >= 0.3 is 12.1 Å². The van der Waals surface area contributed by atoms with Crippen molar-refractivity contribution in [2.75, 3.05) is 26.9 Å². The standard InChI is InChI=1S/C34H50N2O4/c1-3-4-5-6-7-8-9-10-11-12-13-14-15-16-17-22-33(37)39-28-40-34(38)36-27-31(29-23-25-35(2)26-24-29)30-20-18-19-21-32(30)36/h7-8,10-11,18-21,27,29H,3-6,9,12-17,22-26,28H2,1-2H3/b8-7-,11-10-. The molecule has 6 heteroatoms. The molecule has 40 heavy (non-hydrogen) atoms. The lowest BCUT2D eigenvalue weighted by atomic mass is 9.89. The molecule has 220 valence electrons. The van der Waals surface area contributed by atoms with Crippen LogP contribution < -0.4 is 0 Å². The van der Waals surface area contributed by atoms with Crippen LogP contribution >= 0.6 is 0 Å². The highest BCUT2D eigenvalue weighted by atomic mass is 16.7. The SMILES string of the molecule is CCCCC/C=C\C/C=C\CCCCCCCC(=O)OCOC(=O)n1cc(C2CCN(C)CC2)c2ccccc21. The van der Waals surface area contributed by atoms with Crippen LogP contribution in [0, 0.1) is 0 Å². The predicted octanol–water partition coefficient (Wildman–Crippen LogP) is 8.75. The number of allylic oxidation sites excluding steroid dienone is 4. The lowest BCUT2D eigenvalue weighted by Crippen LogP contribution is -2.29. The van der Waals surface area contributed by atoms with Crippen molar-refractivity contribution in [1.29, 1.82) is 0 Å². The first-order chi connectivity index (χ1) is 19.6. The van der Waals surface area contributed by atoms with Crippen LogP contribution in [0.2, 0.25) is 0 Å².